The predicted molar refractivity (Wildman–Crippen MR) is 79.4 cm³/mol. The van der Waals surface area contributed by atoms with E-state index in [-0.39, 0.29) is 10.5 Å². The second kappa shape index (κ2) is 5.01. The lowest BCUT2D eigenvalue weighted by molar-refractivity contribution is 0.0696. The van der Waals surface area contributed by atoms with Gasteiger partial charge in [-0.05, 0) is 24.3 Å². The van der Waals surface area contributed by atoms with E-state index >= 15 is 0 Å². The molecule has 21 heavy (non-hydrogen) atoms. The quantitative estimate of drug-likeness (QED) is 0.920. The van der Waals surface area contributed by atoms with Gasteiger partial charge in [0.25, 0.3) is 10.0 Å². The van der Waals surface area contributed by atoms with Gasteiger partial charge in [0.1, 0.15) is 5.04 Å². The Morgan fingerprint density at radius 2 is 1.86 bits per heavy atom. The summed E-state index contributed by atoms with van der Waals surface area (Å²) in [7, 11) is -3.65. The zero-order valence-corrected chi connectivity index (χ0v) is 12.2. The fourth-order valence-corrected chi connectivity index (χ4v) is 4.41. The van der Waals surface area contributed by atoms with E-state index in [0.29, 0.717) is 15.5 Å². The summed E-state index contributed by atoms with van der Waals surface area (Å²) in [4.78, 5) is 11.8. The minimum atomic E-state index is -3.65. The molecule has 0 saturated heterocycles. The molecule has 2 aromatic carbocycles. The van der Waals surface area contributed by atoms with Crippen LogP contribution in [0.4, 0.5) is 0 Å². The second-order valence-electron chi connectivity index (χ2n) is 4.30. The molecule has 3 rings (SSSR count). The average Bonchev–Trinajstić information content (AvgIpc) is 2.71. The maximum absolute atomic E-state index is 11.9. The summed E-state index contributed by atoms with van der Waals surface area (Å²) in [6.07, 6.45) is 0. The number of hydrogen-bond acceptors (Lipinski definition) is 4. The van der Waals surface area contributed by atoms with Crippen molar-refractivity contribution >= 4 is 32.8 Å². The van der Waals surface area contributed by atoms with Crippen LogP contribution in [0.25, 0.3) is 0 Å². The smallest absolute Gasteiger partial charge is 0.335 e. The molecule has 0 amide bonds. The number of fused-ring (bicyclic) bond motifs is 1. The number of carbonyl (C=O) groups is 1. The summed E-state index contributed by atoms with van der Waals surface area (Å²) in [5, 5.41) is 9.33. The fourth-order valence-electron chi connectivity index (χ4n) is 1.95. The van der Waals surface area contributed by atoms with Crippen molar-refractivity contribution in [3.63, 3.8) is 0 Å². The first-order valence-electron chi connectivity index (χ1n) is 5.93. The topological polar surface area (TPSA) is 83.8 Å². The summed E-state index contributed by atoms with van der Waals surface area (Å²) in [5.41, 5.74) is 0.693. The van der Waals surface area contributed by atoms with Crippen molar-refractivity contribution in [1.82, 2.24) is 0 Å². The average molecular weight is 319 g/mol. The van der Waals surface area contributed by atoms with Crippen LogP contribution in [0.3, 0.4) is 0 Å². The molecule has 1 N–H and O–H groups in total. The second-order valence-corrected chi connectivity index (χ2v) is 6.94. The van der Waals surface area contributed by atoms with Crippen molar-refractivity contribution in [2.24, 2.45) is 4.40 Å². The van der Waals surface area contributed by atoms with Gasteiger partial charge in [-0.1, -0.05) is 36.0 Å². The van der Waals surface area contributed by atoms with Gasteiger partial charge in [-0.2, -0.15) is 12.8 Å². The molecule has 106 valence electrons. The van der Waals surface area contributed by atoms with Gasteiger partial charge in [-0.15, -0.1) is 0 Å². The first kappa shape index (κ1) is 13.8. The van der Waals surface area contributed by atoms with Gasteiger partial charge < -0.3 is 5.11 Å². The van der Waals surface area contributed by atoms with E-state index in [0.717, 1.165) is 11.8 Å². The number of carboxylic acid groups (broad SMARTS) is 1. The van der Waals surface area contributed by atoms with Gasteiger partial charge in [-0.3, -0.25) is 0 Å². The summed E-state index contributed by atoms with van der Waals surface area (Å²) in [6.45, 7) is 0. The Balaban J connectivity index is 2.00. The molecule has 5 nitrogen and oxygen atoms in total. The van der Waals surface area contributed by atoms with Gasteiger partial charge in [-0.25, -0.2) is 4.79 Å². The third kappa shape index (κ3) is 2.57. The highest BCUT2D eigenvalue weighted by atomic mass is 32.2. The third-order valence-corrected chi connectivity index (χ3v) is 5.34. The molecular formula is C14H9NO4S2. The van der Waals surface area contributed by atoms with Crippen LogP contribution in [0.1, 0.15) is 15.9 Å². The molecule has 0 radical (unpaired) electrons. The Labute approximate surface area is 125 Å². The molecule has 0 atom stereocenters. The molecule has 1 aliphatic heterocycles. The van der Waals surface area contributed by atoms with Crippen molar-refractivity contribution in [1.29, 1.82) is 0 Å². The number of aromatic carboxylic acids is 1. The van der Waals surface area contributed by atoms with Crippen LogP contribution in [0.5, 0.6) is 0 Å². The highest BCUT2D eigenvalue weighted by Crippen LogP contribution is 2.34. The first-order valence-corrected chi connectivity index (χ1v) is 8.18. The van der Waals surface area contributed by atoms with Crippen LogP contribution in [0, 0.1) is 0 Å². The SMILES string of the molecule is O=C(O)c1cccc(SC2=NS(=O)(=O)c3ccccc32)c1. The highest BCUT2D eigenvalue weighted by Gasteiger charge is 2.28. The normalized spacial score (nSPS) is 15.3. The minimum Gasteiger partial charge on any atom is -0.478 e. The van der Waals surface area contributed by atoms with Crippen LogP contribution in [0.2, 0.25) is 0 Å². The lowest BCUT2D eigenvalue weighted by Gasteiger charge is -2.03. The minimum absolute atomic E-state index is 0.148. The third-order valence-electron chi connectivity index (χ3n) is 2.89. The van der Waals surface area contributed by atoms with Crippen molar-refractivity contribution in [3.05, 3.63) is 59.7 Å². The van der Waals surface area contributed by atoms with E-state index in [4.69, 9.17) is 5.11 Å². The Kier molecular flexibility index (Phi) is 3.30. The Bertz CT molecular complexity index is 872. The van der Waals surface area contributed by atoms with E-state index in [2.05, 4.69) is 4.40 Å². The van der Waals surface area contributed by atoms with E-state index in [1.54, 1.807) is 30.3 Å². The van der Waals surface area contributed by atoms with Crippen molar-refractivity contribution in [2.45, 2.75) is 9.79 Å². The van der Waals surface area contributed by atoms with Gasteiger partial charge in [0.05, 0.1) is 10.5 Å². The predicted octanol–water partition coefficient (Wildman–Crippen LogP) is 2.63. The molecule has 7 heteroatoms. The molecule has 2 aromatic rings. The number of nitrogens with zero attached hydrogens (tertiary/aromatic N) is 1. The summed E-state index contributed by atoms with van der Waals surface area (Å²) < 4.78 is 27.6. The van der Waals surface area contributed by atoms with Crippen LogP contribution in [-0.4, -0.2) is 24.5 Å². The van der Waals surface area contributed by atoms with E-state index in [1.807, 2.05) is 0 Å². The summed E-state index contributed by atoms with van der Waals surface area (Å²) in [5.74, 6) is -1.03. The number of sulfonamides is 1. The number of benzene rings is 2. The molecule has 0 spiro atoms. The molecule has 0 unspecified atom stereocenters. The van der Waals surface area contributed by atoms with E-state index in [1.165, 1.54) is 18.2 Å². The zero-order valence-electron chi connectivity index (χ0n) is 10.6. The Morgan fingerprint density at radius 3 is 2.62 bits per heavy atom. The van der Waals surface area contributed by atoms with Crippen LogP contribution >= 0.6 is 11.8 Å². The highest BCUT2D eigenvalue weighted by molar-refractivity contribution is 8.15. The van der Waals surface area contributed by atoms with Crippen LogP contribution in [0.15, 0.2) is 62.7 Å². The van der Waals surface area contributed by atoms with Crippen LogP contribution in [-0.2, 0) is 10.0 Å². The van der Waals surface area contributed by atoms with E-state index in [9.17, 15) is 13.2 Å². The number of hydrogen-bond donors (Lipinski definition) is 1. The molecular weight excluding hydrogens is 310 g/mol. The maximum atomic E-state index is 11.9. The maximum Gasteiger partial charge on any atom is 0.335 e. The molecule has 0 aliphatic carbocycles. The van der Waals surface area contributed by atoms with Gasteiger partial charge in [0.15, 0.2) is 0 Å². The Morgan fingerprint density at radius 1 is 1.10 bits per heavy atom. The standard InChI is InChI=1S/C14H9NO4S2/c16-14(17)9-4-3-5-10(8-9)20-13-11-6-1-2-7-12(11)21(18,19)15-13/h1-8H,(H,16,17). The zero-order chi connectivity index (χ0) is 15.0. The van der Waals surface area contributed by atoms with Crippen molar-refractivity contribution < 1.29 is 18.3 Å². The molecule has 0 saturated carbocycles. The molecule has 1 aliphatic rings. The number of thioether (sulfide) groups is 1. The lowest BCUT2D eigenvalue weighted by Crippen LogP contribution is -1.97. The number of carboxylic acids is 1. The fraction of sp³-hybridized carbons (Fsp3) is 0. The number of rotatable bonds is 2. The lowest BCUT2D eigenvalue weighted by atomic mass is 10.2. The summed E-state index contributed by atoms with van der Waals surface area (Å²) >= 11 is 1.14. The van der Waals surface area contributed by atoms with Gasteiger partial charge in [0.2, 0.25) is 0 Å². The van der Waals surface area contributed by atoms with E-state index < -0.39 is 16.0 Å². The molecule has 1 heterocycles. The van der Waals surface area contributed by atoms with Gasteiger partial charge in [0, 0.05) is 10.5 Å². The van der Waals surface area contributed by atoms with Crippen LogP contribution < -0.4 is 0 Å². The van der Waals surface area contributed by atoms with Gasteiger partial charge >= 0.3 is 5.97 Å². The monoisotopic (exact) mass is 319 g/mol. The summed E-state index contributed by atoms with van der Waals surface area (Å²) in [6, 6.07) is 12.9. The Hall–Kier alpha value is -2.12. The van der Waals surface area contributed by atoms with Crippen molar-refractivity contribution in [2.75, 3.05) is 0 Å². The molecule has 0 bridgehead atoms. The molecule has 0 fully saturated rings. The first-order chi connectivity index (χ1) is 9.97. The molecule has 0 aromatic heterocycles. The van der Waals surface area contributed by atoms with Crippen molar-refractivity contribution in [3.8, 4) is 0 Å². The largest absolute Gasteiger partial charge is 0.478 e.